The molecule has 3 heteroatoms. The fourth-order valence-electron chi connectivity index (χ4n) is 1.71. The van der Waals surface area contributed by atoms with Gasteiger partial charge in [0.15, 0.2) is 0 Å². The molecule has 1 rings (SSSR count). The van der Waals surface area contributed by atoms with Gasteiger partial charge in [-0.3, -0.25) is 0 Å². The van der Waals surface area contributed by atoms with Crippen LogP contribution in [0.1, 0.15) is 26.3 Å². The SMILES string of the molecule is CC(C)(C)C(CN)Cc1cc(F)ccc1Br. The highest BCUT2D eigenvalue weighted by Crippen LogP contribution is 2.30. The van der Waals surface area contributed by atoms with Gasteiger partial charge in [-0.15, -0.1) is 0 Å². The second-order valence-corrected chi connectivity index (χ2v) is 6.09. The molecule has 90 valence electrons. The smallest absolute Gasteiger partial charge is 0.123 e. The first-order chi connectivity index (χ1) is 7.34. The summed E-state index contributed by atoms with van der Waals surface area (Å²) in [4.78, 5) is 0. The maximum atomic E-state index is 13.1. The Kier molecular flexibility index (Phi) is 4.51. The average Bonchev–Trinajstić information content (AvgIpc) is 2.17. The van der Waals surface area contributed by atoms with Crippen LogP contribution >= 0.6 is 15.9 Å². The van der Waals surface area contributed by atoms with Crippen LogP contribution in [0.2, 0.25) is 0 Å². The van der Waals surface area contributed by atoms with E-state index >= 15 is 0 Å². The fourth-order valence-corrected chi connectivity index (χ4v) is 2.12. The summed E-state index contributed by atoms with van der Waals surface area (Å²) in [6.45, 7) is 7.11. The van der Waals surface area contributed by atoms with Crippen LogP contribution in [0.4, 0.5) is 4.39 Å². The van der Waals surface area contributed by atoms with E-state index in [4.69, 9.17) is 5.73 Å². The molecule has 0 fully saturated rings. The van der Waals surface area contributed by atoms with Gasteiger partial charge in [0.25, 0.3) is 0 Å². The lowest BCUT2D eigenvalue weighted by atomic mass is 9.77. The van der Waals surface area contributed by atoms with Crippen LogP contribution in [0, 0.1) is 17.2 Å². The zero-order valence-corrected chi connectivity index (χ0v) is 11.6. The zero-order chi connectivity index (χ0) is 12.3. The third-order valence-corrected chi connectivity index (χ3v) is 3.76. The predicted octanol–water partition coefficient (Wildman–Crippen LogP) is 3.75. The Morgan fingerprint density at radius 1 is 1.38 bits per heavy atom. The minimum absolute atomic E-state index is 0.139. The second-order valence-electron chi connectivity index (χ2n) is 5.24. The van der Waals surface area contributed by atoms with Crippen LogP contribution in [-0.4, -0.2) is 6.54 Å². The van der Waals surface area contributed by atoms with E-state index in [1.54, 1.807) is 12.1 Å². The summed E-state index contributed by atoms with van der Waals surface area (Å²) in [7, 11) is 0. The van der Waals surface area contributed by atoms with E-state index in [9.17, 15) is 4.39 Å². The summed E-state index contributed by atoms with van der Waals surface area (Å²) < 4.78 is 14.1. The number of nitrogens with two attached hydrogens (primary N) is 1. The van der Waals surface area contributed by atoms with Crippen molar-refractivity contribution in [3.63, 3.8) is 0 Å². The molecule has 0 heterocycles. The molecule has 16 heavy (non-hydrogen) atoms. The van der Waals surface area contributed by atoms with Crippen molar-refractivity contribution in [3.8, 4) is 0 Å². The lowest BCUT2D eigenvalue weighted by Gasteiger charge is -2.30. The van der Waals surface area contributed by atoms with Gasteiger partial charge < -0.3 is 5.73 Å². The molecule has 0 aliphatic rings. The second kappa shape index (κ2) is 5.28. The van der Waals surface area contributed by atoms with Crippen LogP contribution in [0.5, 0.6) is 0 Å². The number of hydrogen-bond donors (Lipinski definition) is 1. The molecule has 1 aromatic carbocycles. The van der Waals surface area contributed by atoms with Crippen LogP contribution in [0.15, 0.2) is 22.7 Å². The first kappa shape index (κ1) is 13.7. The lowest BCUT2D eigenvalue weighted by Crippen LogP contribution is -2.30. The van der Waals surface area contributed by atoms with Gasteiger partial charge in [-0.25, -0.2) is 4.39 Å². The molecular weight excluding hydrogens is 269 g/mol. The number of hydrogen-bond acceptors (Lipinski definition) is 1. The number of rotatable bonds is 3. The number of benzene rings is 1. The standard InChI is InChI=1S/C13H19BrFN/c1-13(2,3)10(8-16)6-9-7-11(15)4-5-12(9)14/h4-5,7,10H,6,8,16H2,1-3H3. The fraction of sp³-hybridized carbons (Fsp3) is 0.538. The maximum Gasteiger partial charge on any atom is 0.123 e. The first-order valence-corrected chi connectivity index (χ1v) is 6.28. The van der Waals surface area contributed by atoms with Gasteiger partial charge in [0.1, 0.15) is 5.82 Å². The van der Waals surface area contributed by atoms with Crippen molar-refractivity contribution < 1.29 is 4.39 Å². The van der Waals surface area contributed by atoms with E-state index in [1.807, 2.05) is 0 Å². The molecule has 0 bridgehead atoms. The maximum absolute atomic E-state index is 13.1. The summed E-state index contributed by atoms with van der Waals surface area (Å²) in [5.41, 5.74) is 6.92. The van der Waals surface area contributed by atoms with E-state index in [0.29, 0.717) is 12.5 Å². The Morgan fingerprint density at radius 2 is 2.00 bits per heavy atom. The largest absolute Gasteiger partial charge is 0.330 e. The highest BCUT2D eigenvalue weighted by molar-refractivity contribution is 9.10. The van der Waals surface area contributed by atoms with Crippen molar-refractivity contribution >= 4 is 15.9 Å². The van der Waals surface area contributed by atoms with Crippen LogP contribution in [0.3, 0.4) is 0 Å². The molecule has 0 aromatic heterocycles. The molecule has 1 atom stereocenters. The van der Waals surface area contributed by atoms with Crippen molar-refractivity contribution in [3.05, 3.63) is 34.1 Å². The van der Waals surface area contributed by atoms with E-state index in [2.05, 4.69) is 36.7 Å². The summed E-state index contributed by atoms with van der Waals surface area (Å²) >= 11 is 3.45. The lowest BCUT2D eigenvalue weighted by molar-refractivity contribution is 0.245. The summed E-state index contributed by atoms with van der Waals surface area (Å²) in [6.07, 6.45) is 0.804. The molecule has 1 aromatic rings. The van der Waals surface area contributed by atoms with E-state index < -0.39 is 0 Å². The Labute approximate surface area is 105 Å². The molecule has 0 aliphatic heterocycles. The van der Waals surface area contributed by atoms with Crippen LogP contribution in [0.25, 0.3) is 0 Å². The van der Waals surface area contributed by atoms with Crippen molar-refractivity contribution in [2.75, 3.05) is 6.54 Å². The molecule has 0 saturated heterocycles. The van der Waals surface area contributed by atoms with Crippen molar-refractivity contribution in [2.24, 2.45) is 17.1 Å². The summed E-state index contributed by atoms with van der Waals surface area (Å²) in [5.74, 6) is 0.161. The van der Waals surface area contributed by atoms with E-state index in [-0.39, 0.29) is 11.2 Å². The van der Waals surface area contributed by atoms with Gasteiger partial charge in [-0.05, 0) is 48.1 Å². The van der Waals surface area contributed by atoms with E-state index in [1.165, 1.54) is 6.07 Å². The molecule has 2 N–H and O–H groups in total. The third kappa shape index (κ3) is 3.56. The molecular formula is C13H19BrFN. The van der Waals surface area contributed by atoms with E-state index in [0.717, 1.165) is 16.5 Å². The minimum atomic E-state index is -0.192. The Hall–Kier alpha value is -0.410. The van der Waals surface area contributed by atoms with Gasteiger partial charge >= 0.3 is 0 Å². The Morgan fingerprint density at radius 3 is 2.50 bits per heavy atom. The van der Waals surface area contributed by atoms with Crippen LogP contribution in [-0.2, 0) is 6.42 Å². The predicted molar refractivity (Wildman–Crippen MR) is 69.8 cm³/mol. The van der Waals surface area contributed by atoms with Crippen molar-refractivity contribution in [2.45, 2.75) is 27.2 Å². The molecule has 0 aliphatic carbocycles. The summed E-state index contributed by atoms with van der Waals surface area (Å²) in [6, 6.07) is 4.79. The molecule has 0 saturated carbocycles. The summed E-state index contributed by atoms with van der Waals surface area (Å²) in [5, 5.41) is 0. The quantitative estimate of drug-likeness (QED) is 0.900. The first-order valence-electron chi connectivity index (χ1n) is 5.48. The van der Waals surface area contributed by atoms with Gasteiger partial charge in [-0.2, -0.15) is 0 Å². The topological polar surface area (TPSA) is 26.0 Å². The molecule has 0 amide bonds. The minimum Gasteiger partial charge on any atom is -0.330 e. The Balaban J connectivity index is 2.90. The Bertz CT molecular complexity index is 357. The van der Waals surface area contributed by atoms with Gasteiger partial charge in [-0.1, -0.05) is 36.7 Å². The zero-order valence-electron chi connectivity index (χ0n) is 10.1. The molecule has 0 spiro atoms. The normalized spacial score (nSPS) is 13.9. The highest BCUT2D eigenvalue weighted by Gasteiger charge is 2.24. The van der Waals surface area contributed by atoms with Crippen molar-refractivity contribution in [1.29, 1.82) is 0 Å². The molecule has 1 unspecified atom stereocenters. The number of halogens is 2. The third-order valence-electron chi connectivity index (χ3n) is 2.98. The van der Waals surface area contributed by atoms with Crippen LogP contribution < -0.4 is 5.73 Å². The van der Waals surface area contributed by atoms with Gasteiger partial charge in [0.05, 0.1) is 0 Å². The van der Waals surface area contributed by atoms with Gasteiger partial charge in [0.2, 0.25) is 0 Å². The monoisotopic (exact) mass is 287 g/mol. The average molecular weight is 288 g/mol. The molecule has 1 nitrogen and oxygen atoms in total. The highest BCUT2D eigenvalue weighted by atomic mass is 79.9. The molecule has 0 radical (unpaired) electrons. The van der Waals surface area contributed by atoms with Crippen molar-refractivity contribution in [1.82, 2.24) is 0 Å². The van der Waals surface area contributed by atoms with Gasteiger partial charge in [0, 0.05) is 4.47 Å².